The molecule has 0 atom stereocenters. The lowest BCUT2D eigenvalue weighted by atomic mass is 10.0. The van der Waals surface area contributed by atoms with Gasteiger partial charge < -0.3 is 0 Å². The highest BCUT2D eigenvalue weighted by atomic mass is 32.1. The van der Waals surface area contributed by atoms with E-state index >= 15 is 0 Å². The standard InChI is InChI=1S/C22H14S4/c1-11-9-13-17(15-5-3-7-23-15)20-19(21(13)25-11)18(16-6-4-8-24-16)14-10-12(2)26-22(14)20/h3-10H,1-2H3. The van der Waals surface area contributed by atoms with Gasteiger partial charge in [-0.2, -0.15) is 0 Å². The normalized spacial score (nSPS) is 15.0. The van der Waals surface area contributed by atoms with Crippen LogP contribution in [0.1, 0.15) is 40.4 Å². The van der Waals surface area contributed by atoms with E-state index in [4.69, 9.17) is 0 Å². The second-order valence-electron chi connectivity index (χ2n) is 6.65. The Kier molecular flexibility index (Phi) is 3.19. The van der Waals surface area contributed by atoms with Crippen LogP contribution in [0.5, 0.6) is 0 Å². The molecule has 26 heavy (non-hydrogen) atoms. The molecule has 126 valence electrons. The van der Waals surface area contributed by atoms with Crippen molar-refractivity contribution < 1.29 is 0 Å². The van der Waals surface area contributed by atoms with Gasteiger partial charge in [0.15, 0.2) is 0 Å². The van der Waals surface area contributed by atoms with E-state index in [1.807, 2.05) is 45.3 Å². The Labute approximate surface area is 168 Å². The maximum absolute atomic E-state index is 2.39. The Bertz CT molecular complexity index is 1120. The summed E-state index contributed by atoms with van der Waals surface area (Å²) in [6.07, 6.45) is 0. The van der Waals surface area contributed by atoms with Crippen LogP contribution >= 0.6 is 45.3 Å². The quantitative estimate of drug-likeness (QED) is 0.318. The molecule has 4 aromatic rings. The fourth-order valence-electron chi connectivity index (χ4n) is 4.10. The summed E-state index contributed by atoms with van der Waals surface area (Å²) < 4.78 is 0. The van der Waals surface area contributed by atoms with Crippen LogP contribution in [0.3, 0.4) is 0 Å². The summed E-state index contributed by atoms with van der Waals surface area (Å²) in [6, 6.07) is 13.7. The van der Waals surface area contributed by atoms with Crippen molar-refractivity contribution in [2.24, 2.45) is 0 Å². The van der Waals surface area contributed by atoms with E-state index in [1.54, 1.807) is 0 Å². The van der Waals surface area contributed by atoms with Gasteiger partial charge in [0, 0.05) is 62.7 Å². The lowest BCUT2D eigenvalue weighted by Crippen LogP contribution is -1.84. The third-order valence-electron chi connectivity index (χ3n) is 4.99. The van der Waals surface area contributed by atoms with E-state index in [-0.39, 0.29) is 0 Å². The Morgan fingerprint density at radius 1 is 0.615 bits per heavy atom. The summed E-state index contributed by atoms with van der Waals surface area (Å²) in [5, 5.41) is 4.39. The minimum atomic E-state index is 1.39. The van der Waals surface area contributed by atoms with E-state index in [1.165, 1.54) is 62.7 Å². The van der Waals surface area contributed by atoms with Crippen LogP contribution in [0.25, 0.3) is 22.3 Å². The van der Waals surface area contributed by atoms with Crippen molar-refractivity contribution in [3.05, 3.63) is 87.5 Å². The molecule has 0 amide bonds. The summed E-state index contributed by atoms with van der Waals surface area (Å²) in [5.74, 6) is 0. The number of fused-ring (bicyclic) bond motifs is 5. The molecule has 0 N–H and O–H groups in total. The second-order valence-corrected chi connectivity index (χ2v) is 11.1. The Morgan fingerprint density at radius 3 is 1.46 bits per heavy atom. The maximum atomic E-state index is 2.39. The van der Waals surface area contributed by atoms with E-state index in [0.717, 1.165) is 0 Å². The molecule has 4 heterocycles. The minimum absolute atomic E-state index is 1.39. The third-order valence-corrected chi connectivity index (χ3v) is 8.90. The molecule has 4 heteroatoms. The first-order chi connectivity index (χ1) is 12.7. The number of rotatable bonds is 2. The van der Waals surface area contributed by atoms with Crippen LogP contribution in [-0.4, -0.2) is 0 Å². The molecule has 2 aliphatic rings. The van der Waals surface area contributed by atoms with Crippen LogP contribution in [0.4, 0.5) is 0 Å². The average molecular weight is 407 g/mol. The van der Waals surface area contributed by atoms with Crippen LogP contribution in [0.15, 0.2) is 47.2 Å². The first-order valence-electron chi connectivity index (χ1n) is 8.51. The molecule has 0 saturated carbocycles. The van der Waals surface area contributed by atoms with Crippen molar-refractivity contribution >= 4 is 67.6 Å². The largest absolute Gasteiger partial charge is 0.144 e. The molecule has 0 nitrogen and oxygen atoms in total. The van der Waals surface area contributed by atoms with Gasteiger partial charge in [-0.05, 0) is 48.9 Å². The van der Waals surface area contributed by atoms with Crippen molar-refractivity contribution in [3.8, 4) is 0 Å². The summed E-state index contributed by atoms with van der Waals surface area (Å²) in [7, 11) is 0. The van der Waals surface area contributed by atoms with Gasteiger partial charge in [-0.15, -0.1) is 45.3 Å². The van der Waals surface area contributed by atoms with Gasteiger partial charge in [-0.25, -0.2) is 0 Å². The highest BCUT2D eigenvalue weighted by Crippen LogP contribution is 2.62. The van der Waals surface area contributed by atoms with Gasteiger partial charge in [0.1, 0.15) is 0 Å². The zero-order valence-electron chi connectivity index (χ0n) is 14.3. The molecule has 0 bridgehead atoms. The van der Waals surface area contributed by atoms with Crippen LogP contribution in [-0.2, 0) is 0 Å². The molecule has 6 rings (SSSR count). The lowest BCUT2D eigenvalue weighted by molar-refractivity contribution is 1.60. The monoisotopic (exact) mass is 406 g/mol. The molecular weight excluding hydrogens is 393 g/mol. The van der Waals surface area contributed by atoms with Gasteiger partial charge in [0.2, 0.25) is 0 Å². The molecule has 0 unspecified atom stereocenters. The highest BCUT2D eigenvalue weighted by molar-refractivity contribution is 7.17. The number of hydrogen-bond donors (Lipinski definition) is 0. The zero-order chi connectivity index (χ0) is 17.4. The molecule has 0 fully saturated rings. The number of hydrogen-bond acceptors (Lipinski definition) is 4. The summed E-state index contributed by atoms with van der Waals surface area (Å²) >= 11 is 7.60. The minimum Gasteiger partial charge on any atom is -0.144 e. The second kappa shape index (κ2) is 5.40. The fourth-order valence-corrected chi connectivity index (χ4v) is 7.83. The maximum Gasteiger partial charge on any atom is 0.0438 e. The van der Waals surface area contributed by atoms with Gasteiger partial charge in [0.25, 0.3) is 0 Å². The van der Waals surface area contributed by atoms with Crippen molar-refractivity contribution in [2.75, 3.05) is 0 Å². The van der Waals surface area contributed by atoms with Crippen molar-refractivity contribution in [1.29, 1.82) is 0 Å². The Balaban J connectivity index is 1.80. The van der Waals surface area contributed by atoms with Gasteiger partial charge in [-0.1, -0.05) is 12.1 Å². The number of aryl methyl sites for hydroxylation is 2. The van der Waals surface area contributed by atoms with Crippen LogP contribution in [0.2, 0.25) is 0 Å². The van der Waals surface area contributed by atoms with E-state index in [2.05, 4.69) is 61.0 Å². The molecule has 0 radical (unpaired) electrons. The molecule has 0 aromatic carbocycles. The third kappa shape index (κ3) is 1.93. The summed E-state index contributed by atoms with van der Waals surface area (Å²) in [5.41, 5.74) is 8.72. The van der Waals surface area contributed by atoms with Crippen molar-refractivity contribution in [3.63, 3.8) is 0 Å². The first-order valence-corrected chi connectivity index (χ1v) is 11.9. The summed E-state index contributed by atoms with van der Waals surface area (Å²) in [6.45, 7) is 4.46. The lowest BCUT2D eigenvalue weighted by Gasteiger charge is -2.04. The van der Waals surface area contributed by atoms with E-state index < -0.39 is 0 Å². The van der Waals surface area contributed by atoms with Crippen molar-refractivity contribution in [1.82, 2.24) is 0 Å². The zero-order valence-corrected chi connectivity index (χ0v) is 17.5. The van der Waals surface area contributed by atoms with Crippen LogP contribution in [0, 0.1) is 13.8 Å². The molecule has 0 saturated heterocycles. The summed E-state index contributed by atoms with van der Waals surface area (Å²) in [4.78, 5) is 8.49. The predicted molar refractivity (Wildman–Crippen MR) is 119 cm³/mol. The molecule has 0 aliphatic heterocycles. The van der Waals surface area contributed by atoms with Gasteiger partial charge >= 0.3 is 0 Å². The van der Waals surface area contributed by atoms with Crippen LogP contribution < -0.4 is 0 Å². The SMILES string of the molecule is Cc1cc2c(s1)C1=C(c3cccs3)c3cc(C)sc3C1=C2c1cccs1. The molecule has 2 aliphatic carbocycles. The van der Waals surface area contributed by atoms with Gasteiger partial charge in [0.05, 0.1) is 0 Å². The highest BCUT2D eigenvalue weighted by Gasteiger charge is 2.40. The molecule has 0 spiro atoms. The molecular formula is C22H14S4. The molecule has 4 aromatic heterocycles. The van der Waals surface area contributed by atoms with Gasteiger partial charge in [-0.3, -0.25) is 0 Å². The Morgan fingerprint density at radius 2 is 1.08 bits per heavy atom. The Hall–Kier alpha value is -1.72. The van der Waals surface area contributed by atoms with E-state index in [9.17, 15) is 0 Å². The number of thiophene rings is 4. The average Bonchev–Trinajstić information content (AvgIpc) is 3.36. The van der Waals surface area contributed by atoms with E-state index in [0.29, 0.717) is 0 Å². The predicted octanol–water partition coefficient (Wildman–Crippen LogP) is 7.79. The smallest absolute Gasteiger partial charge is 0.0438 e. The number of allylic oxidation sites excluding steroid dienone is 2. The fraction of sp³-hybridized carbons (Fsp3) is 0.0909. The first kappa shape index (κ1) is 15.3. The topological polar surface area (TPSA) is 0 Å². The van der Waals surface area contributed by atoms with Crippen molar-refractivity contribution in [2.45, 2.75) is 13.8 Å².